The average Bonchev–Trinajstić information content (AvgIpc) is 2.64. The Kier molecular flexibility index (Phi) is 13.6. The molecule has 0 N–H and O–H groups in total. The summed E-state index contributed by atoms with van der Waals surface area (Å²) in [5.74, 6) is 0.636. The van der Waals surface area contributed by atoms with E-state index in [1.165, 1.54) is 77.6 Å². The Hall–Kier alpha value is -1.51. The van der Waals surface area contributed by atoms with Crippen LogP contribution in [0.5, 0.6) is 5.75 Å². The van der Waals surface area contributed by atoms with E-state index in [1.54, 1.807) is 0 Å². The number of esters is 1. The zero-order valence-electron chi connectivity index (χ0n) is 16.9. The average molecular weight is 363 g/mol. The maximum atomic E-state index is 10.8. The first-order valence-corrected chi connectivity index (χ1v) is 10.6. The van der Waals surface area contributed by atoms with E-state index in [1.807, 2.05) is 24.3 Å². The summed E-state index contributed by atoms with van der Waals surface area (Å²) in [5.41, 5.74) is 0.984. The van der Waals surface area contributed by atoms with Crippen molar-refractivity contribution in [2.24, 2.45) is 0 Å². The lowest BCUT2D eigenvalue weighted by molar-refractivity contribution is -0.142. The molecule has 1 aromatic carbocycles. The molecule has 0 aliphatic heterocycles. The number of hydrogen-bond acceptors (Lipinski definition) is 3. The van der Waals surface area contributed by atoms with Crippen molar-refractivity contribution in [3.05, 3.63) is 29.8 Å². The van der Waals surface area contributed by atoms with Gasteiger partial charge in [-0.25, -0.2) is 0 Å². The van der Waals surface area contributed by atoms with E-state index < -0.39 is 0 Å². The van der Waals surface area contributed by atoms with Gasteiger partial charge in [0.05, 0.1) is 6.61 Å². The second-order valence-corrected chi connectivity index (χ2v) is 7.16. The van der Waals surface area contributed by atoms with Crippen LogP contribution in [0.3, 0.4) is 0 Å². The molecule has 148 valence electrons. The molecule has 0 aliphatic rings. The third kappa shape index (κ3) is 12.8. The van der Waals surface area contributed by atoms with Crippen molar-refractivity contribution in [3.63, 3.8) is 0 Å². The first-order valence-electron chi connectivity index (χ1n) is 10.6. The molecule has 0 aromatic heterocycles. The highest BCUT2D eigenvalue weighted by molar-refractivity contribution is 5.65. The van der Waals surface area contributed by atoms with Gasteiger partial charge in [0, 0.05) is 6.92 Å². The lowest BCUT2D eigenvalue weighted by Crippen LogP contribution is -2.00. The predicted octanol–water partition coefficient (Wildman–Crippen LogP) is 6.83. The van der Waals surface area contributed by atoms with E-state index in [2.05, 4.69) is 6.92 Å². The number of rotatable bonds is 16. The summed E-state index contributed by atoms with van der Waals surface area (Å²) < 4.78 is 10.7. The van der Waals surface area contributed by atoms with Gasteiger partial charge in [-0.3, -0.25) is 4.79 Å². The highest BCUT2D eigenvalue weighted by Gasteiger charge is 1.99. The molecule has 0 heterocycles. The second kappa shape index (κ2) is 15.7. The number of carbonyl (C=O) groups excluding carboxylic acids is 1. The van der Waals surface area contributed by atoms with Crippen molar-refractivity contribution in [3.8, 4) is 5.75 Å². The summed E-state index contributed by atoms with van der Waals surface area (Å²) in [7, 11) is 0. The standard InChI is InChI=1S/C23H38O3/c1-3-4-5-6-7-8-9-10-11-12-13-14-19-25-23-17-15-22(16-18-23)20-26-21(2)24/h15-18H,3-14,19-20H2,1-2H3. The quantitative estimate of drug-likeness (QED) is 0.239. The van der Waals surface area contributed by atoms with E-state index >= 15 is 0 Å². The van der Waals surface area contributed by atoms with Gasteiger partial charge in [0.15, 0.2) is 0 Å². The zero-order chi connectivity index (χ0) is 18.9. The summed E-state index contributed by atoms with van der Waals surface area (Å²) in [6.07, 6.45) is 16.3. The molecule has 0 bridgehead atoms. The van der Waals surface area contributed by atoms with E-state index in [9.17, 15) is 4.79 Å². The highest BCUT2D eigenvalue weighted by atomic mass is 16.5. The van der Waals surface area contributed by atoms with Crippen LogP contribution in [0.4, 0.5) is 0 Å². The van der Waals surface area contributed by atoms with Crippen LogP contribution in [0, 0.1) is 0 Å². The maximum Gasteiger partial charge on any atom is 0.302 e. The lowest BCUT2D eigenvalue weighted by atomic mass is 10.1. The topological polar surface area (TPSA) is 35.5 Å². The molecule has 0 atom stereocenters. The third-order valence-corrected chi connectivity index (χ3v) is 4.63. The maximum absolute atomic E-state index is 10.8. The summed E-state index contributed by atoms with van der Waals surface area (Å²) in [5, 5.41) is 0. The molecule has 26 heavy (non-hydrogen) atoms. The Balaban J connectivity index is 1.90. The Morgan fingerprint density at radius 3 is 1.77 bits per heavy atom. The van der Waals surface area contributed by atoms with Crippen molar-refractivity contribution >= 4 is 5.97 Å². The SMILES string of the molecule is CCCCCCCCCCCCCCOc1ccc(COC(C)=O)cc1. The molecule has 3 nitrogen and oxygen atoms in total. The molecule has 0 spiro atoms. The van der Waals surface area contributed by atoms with Crippen LogP contribution in [0.2, 0.25) is 0 Å². The number of ether oxygens (including phenoxy) is 2. The fourth-order valence-electron chi connectivity index (χ4n) is 3.00. The molecular weight excluding hydrogens is 324 g/mol. The van der Waals surface area contributed by atoms with Gasteiger partial charge in [-0.1, -0.05) is 89.7 Å². The van der Waals surface area contributed by atoms with Crippen LogP contribution >= 0.6 is 0 Å². The minimum absolute atomic E-state index is 0.252. The van der Waals surface area contributed by atoms with Gasteiger partial charge in [0.2, 0.25) is 0 Å². The first-order chi connectivity index (χ1) is 12.7. The molecule has 1 aromatic rings. The first kappa shape index (κ1) is 22.5. The van der Waals surface area contributed by atoms with Gasteiger partial charge in [0.1, 0.15) is 12.4 Å². The normalized spacial score (nSPS) is 10.7. The summed E-state index contributed by atoms with van der Waals surface area (Å²) in [6, 6.07) is 7.78. The van der Waals surface area contributed by atoms with Crippen molar-refractivity contribution in [2.45, 2.75) is 97.5 Å². The smallest absolute Gasteiger partial charge is 0.302 e. The molecule has 1 rings (SSSR count). The van der Waals surface area contributed by atoms with Crippen LogP contribution in [-0.4, -0.2) is 12.6 Å². The molecule has 0 amide bonds. The fourth-order valence-corrected chi connectivity index (χ4v) is 3.00. The number of carbonyl (C=O) groups is 1. The van der Waals surface area contributed by atoms with Gasteiger partial charge in [-0.15, -0.1) is 0 Å². The fraction of sp³-hybridized carbons (Fsp3) is 0.696. The highest BCUT2D eigenvalue weighted by Crippen LogP contribution is 2.15. The molecular formula is C23H38O3. The number of unbranched alkanes of at least 4 members (excludes halogenated alkanes) is 11. The number of benzene rings is 1. The molecule has 0 saturated heterocycles. The van der Waals surface area contributed by atoms with E-state index in [0.717, 1.165) is 24.3 Å². The molecule has 0 radical (unpaired) electrons. The Morgan fingerprint density at radius 2 is 1.27 bits per heavy atom. The molecule has 3 heteroatoms. The summed E-state index contributed by atoms with van der Waals surface area (Å²) in [4.78, 5) is 10.8. The second-order valence-electron chi connectivity index (χ2n) is 7.16. The van der Waals surface area contributed by atoms with Crippen LogP contribution in [0.15, 0.2) is 24.3 Å². The minimum Gasteiger partial charge on any atom is -0.494 e. The van der Waals surface area contributed by atoms with Crippen LogP contribution in [-0.2, 0) is 16.1 Å². The molecule has 0 fully saturated rings. The van der Waals surface area contributed by atoms with Crippen LogP contribution in [0.25, 0.3) is 0 Å². The summed E-state index contributed by atoms with van der Waals surface area (Å²) >= 11 is 0. The van der Waals surface area contributed by atoms with Gasteiger partial charge in [-0.2, -0.15) is 0 Å². The van der Waals surface area contributed by atoms with E-state index in [-0.39, 0.29) is 5.97 Å². The van der Waals surface area contributed by atoms with Crippen molar-refractivity contribution in [1.82, 2.24) is 0 Å². The van der Waals surface area contributed by atoms with Gasteiger partial charge >= 0.3 is 5.97 Å². The zero-order valence-corrected chi connectivity index (χ0v) is 16.9. The van der Waals surface area contributed by atoms with Crippen molar-refractivity contribution in [1.29, 1.82) is 0 Å². The lowest BCUT2D eigenvalue weighted by Gasteiger charge is -2.07. The Labute approximate surface area is 160 Å². The minimum atomic E-state index is -0.252. The largest absolute Gasteiger partial charge is 0.494 e. The molecule has 0 saturated carbocycles. The monoisotopic (exact) mass is 362 g/mol. The Morgan fingerprint density at radius 1 is 0.769 bits per heavy atom. The molecule has 0 aliphatic carbocycles. The molecule has 0 unspecified atom stereocenters. The predicted molar refractivity (Wildman–Crippen MR) is 108 cm³/mol. The van der Waals surface area contributed by atoms with Gasteiger partial charge in [0.25, 0.3) is 0 Å². The van der Waals surface area contributed by atoms with Crippen LogP contribution < -0.4 is 4.74 Å². The summed E-state index contributed by atoms with van der Waals surface area (Å²) in [6.45, 7) is 4.80. The van der Waals surface area contributed by atoms with E-state index in [0.29, 0.717) is 6.61 Å². The number of hydrogen-bond donors (Lipinski definition) is 0. The van der Waals surface area contributed by atoms with Gasteiger partial charge in [-0.05, 0) is 24.1 Å². The van der Waals surface area contributed by atoms with Crippen molar-refractivity contribution in [2.75, 3.05) is 6.61 Å². The van der Waals surface area contributed by atoms with Gasteiger partial charge < -0.3 is 9.47 Å². The van der Waals surface area contributed by atoms with Crippen molar-refractivity contribution < 1.29 is 14.3 Å². The van der Waals surface area contributed by atoms with E-state index in [4.69, 9.17) is 9.47 Å². The third-order valence-electron chi connectivity index (χ3n) is 4.63. The Bertz CT molecular complexity index is 453. The van der Waals surface area contributed by atoms with Crippen LogP contribution in [0.1, 0.15) is 96.5 Å².